The number of rotatable bonds is 7. The van der Waals surface area contributed by atoms with Crippen molar-refractivity contribution in [3.05, 3.63) is 62.6 Å². The number of nitrogens with zero attached hydrogens (tertiary/aromatic N) is 1. The number of hydrogen-bond acceptors (Lipinski definition) is 6. The molecule has 0 aromatic heterocycles. The van der Waals surface area contributed by atoms with Gasteiger partial charge in [-0.2, -0.15) is 4.72 Å². The summed E-state index contributed by atoms with van der Waals surface area (Å²) in [6.07, 6.45) is -0.949. The Bertz CT molecular complexity index is 982. The van der Waals surface area contributed by atoms with Crippen LogP contribution in [-0.2, 0) is 14.6 Å². The smallest absolute Gasteiger partial charge is 0.391 e. The molecule has 0 aliphatic carbocycles. The highest BCUT2D eigenvalue weighted by Crippen LogP contribution is 2.42. The average molecular weight is 441 g/mol. The van der Waals surface area contributed by atoms with Crippen molar-refractivity contribution >= 4 is 46.5 Å². The van der Waals surface area contributed by atoms with Crippen LogP contribution in [0.1, 0.15) is 0 Å². The van der Waals surface area contributed by atoms with E-state index in [2.05, 4.69) is 0 Å². The molecule has 26 heavy (non-hydrogen) atoms. The van der Waals surface area contributed by atoms with Crippen LogP contribution >= 0.6 is 30.8 Å². The van der Waals surface area contributed by atoms with Crippen LogP contribution in [0.3, 0.4) is 0 Å². The molecule has 2 N–H and O–H groups in total. The maximum Gasteiger partial charge on any atom is 0.391 e. The van der Waals surface area contributed by atoms with Crippen LogP contribution in [0.4, 0.5) is 5.69 Å². The monoisotopic (exact) mass is 440 g/mol. The fourth-order valence-electron chi connectivity index (χ4n) is 1.75. The highest BCUT2D eigenvalue weighted by molar-refractivity contribution is 7.90. The lowest BCUT2D eigenvalue weighted by molar-refractivity contribution is -0.384. The molecule has 2 aromatic carbocycles. The number of nitrogens with one attached hydrogen (secondary N) is 1. The van der Waals surface area contributed by atoms with Gasteiger partial charge in [-0.3, -0.25) is 10.1 Å². The first-order valence-corrected chi connectivity index (χ1v) is 10.7. The summed E-state index contributed by atoms with van der Waals surface area (Å²) in [6, 6.07) is 8.12. The van der Waals surface area contributed by atoms with E-state index in [4.69, 9.17) is 27.7 Å². The molecule has 13 heteroatoms. The number of non-ortho nitro benzene ring substituents is 1. The summed E-state index contributed by atoms with van der Waals surface area (Å²) in [5.41, 5.74) is -0.235. The second-order valence-corrected chi connectivity index (χ2v) is 9.21. The molecule has 0 aliphatic heterocycles. The summed E-state index contributed by atoms with van der Waals surface area (Å²) < 4.78 is 43.2. The molecule has 0 fully saturated rings. The zero-order valence-electron chi connectivity index (χ0n) is 12.7. The van der Waals surface area contributed by atoms with Crippen LogP contribution in [0.25, 0.3) is 0 Å². The fourth-order valence-corrected chi connectivity index (χ4v) is 5.02. The van der Waals surface area contributed by atoms with Crippen molar-refractivity contribution in [2.24, 2.45) is 0 Å². The molecule has 2 rings (SSSR count). The van der Waals surface area contributed by atoms with E-state index in [0.717, 1.165) is 30.3 Å². The molecular formula is C13H11Cl2N2O7PS. The molecule has 0 aliphatic rings. The van der Waals surface area contributed by atoms with E-state index < -0.39 is 28.8 Å². The minimum atomic E-state index is -4.43. The molecule has 0 saturated carbocycles. The van der Waals surface area contributed by atoms with Gasteiger partial charge in [0.15, 0.2) is 0 Å². The highest BCUT2D eigenvalue weighted by atomic mass is 35.5. The highest BCUT2D eigenvalue weighted by Gasteiger charge is 2.27. The van der Waals surface area contributed by atoms with Gasteiger partial charge in [0.25, 0.3) is 5.69 Å². The molecule has 2 aromatic rings. The van der Waals surface area contributed by atoms with E-state index in [-0.39, 0.29) is 26.4 Å². The zero-order valence-corrected chi connectivity index (χ0v) is 15.9. The quantitative estimate of drug-likeness (QED) is 0.382. The van der Waals surface area contributed by atoms with Gasteiger partial charge in [0.2, 0.25) is 10.0 Å². The summed E-state index contributed by atoms with van der Waals surface area (Å²) >= 11 is 11.5. The van der Waals surface area contributed by atoms with Crippen LogP contribution < -0.4 is 9.25 Å². The number of halogens is 2. The van der Waals surface area contributed by atoms with Crippen molar-refractivity contribution in [3.8, 4) is 5.75 Å². The molecule has 0 amide bonds. The molecule has 0 heterocycles. The molecule has 1 unspecified atom stereocenters. The lowest BCUT2D eigenvalue weighted by Crippen LogP contribution is -2.26. The third-order valence-corrected chi connectivity index (χ3v) is 6.32. The summed E-state index contributed by atoms with van der Waals surface area (Å²) in [5, 5.41) is 10.6. The van der Waals surface area contributed by atoms with Crippen molar-refractivity contribution in [1.82, 2.24) is 4.72 Å². The molecule has 140 valence electrons. The lowest BCUT2D eigenvalue weighted by Gasteiger charge is -2.14. The van der Waals surface area contributed by atoms with Gasteiger partial charge in [0.1, 0.15) is 16.9 Å². The van der Waals surface area contributed by atoms with Crippen molar-refractivity contribution in [3.63, 3.8) is 0 Å². The lowest BCUT2D eigenvalue weighted by atomic mass is 10.3. The van der Waals surface area contributed by atoms with E-state index in [1.807, 2.05) is 4.72 Å². The number of benzene rings is 2. The minimum absolute atomic E-state index is 0.115. The Morgan fingerprint density at radius 2 is 1.81 bits per heavy atom. The maximum absolute atomic E-state index is 12.2. The summed E-state index contributed by atoms with van der Waals surface area (Å²) in [5.74, 6) is -0.138. The van der Waals surface area contributed by atoms with Gasteiger partial charge in [0.05, 0.1) is 9.95 Å². The van der Waals surface area contributed by atoms with Crippen molar-refractivity contribution in [1.29, 1.82) is 0 Å². The number of hydrogen-bond donors (Lipinski definition) is 2. The Morgan fingerprint density at radius 1 is 1.19 bits per heavy atom. The maximum atomic E-state index is 12.2. The first-order chi connectivity index (χ1) is 12.0. The number of nitro groups is 1. The SMILES string of the molecule is O=[N+]([O-])c1ccc(OP(=O)(O)CNS(=O)(=O)c2cc(Cl)ccc2Cl)cc1. The predicted molar refractivity (Wildman–Crippen MR) is 95.2 cm³/mol. The van der Waals surface area contributed by atoms with E-state index in [0.29, 0.717) is 0 Å². The van der Waals surface area contributed by atoms with Gasteiger partial charge in [-0.25, -0.2) is 13.0 Å². The van der Waals surface area contributed by atoms with Crippen LogP contribution in [0.2, 0.25) is 10.0 Å². The van der Waals surface area contributed by atoms with Crippen LogP contribution in [-0.4, -0.2) is 24.5 Å². The Labute approximate surface area is 158 Å². The molecule has 0 radical (unpaired) electrons. The second-order valence-electron chi connectivity index (χ2n) is 4.86. The Kier molecular flexibility index (Phi) is 6.28. The van der Waals surface area contributed by atoms with E-state index >= 15 is 0 Å². The summed E-state index contributed by atoms with van der Waals surface area (Å²) in [7, 11) is -8.66. The van der Waals surface area contributed by atoms with Gasteiger partial charge < -0.3 is 9.42 Å². The minimum Gasteiger partial charge on any atom is -0.424 e. The first-order valence-electron chi connectivity index (χ1n) is 6.71. The zero-order chi connectivity index (χ0) is 19.5. The van der Waals surface area contributed by atoms with Gasteiger partial charge >= 0.3 is 7.60 Å². The second kappa shape index (κ2) is 7.91. The Hall–Kier alpha value is -1.68. The van der Waals surface area contributed by atoms with Crippen molar-refractivity contribution in [2.75, 3.05) is 6.29 Å². The topological polar surface area (TPSA) is 136 Å². The fraction of sp³-hybridized carbons (Fsp3) is 0.0769. The van der Waals surface area contributed by atoms with E-state index in [1.165, 1.54) is 12.1 Å². The van der Waals surface area contributed by atoms with Crippen molar-refractivity contribution in [2.45, 2.75) is 4.90 Å². The summed E-state index contributed by atoms with van der Waals surface area (Å²) in [4.78, 5) is 19.3. The number of sulfonamides is 1. The standard InChI is InChI=1S/C13H11Cl2N2O7PS/c14-9-1-6-12(15)13(7-9)26(22,23)16-8-25(20,21)24-11-4-2-10(3-5-11)17(18)19/h1-7,16H,8H2,(H,20,21). The molecule has 0 bridgehead atoms. The van der Waals surface area contributed by atoms with Gasteiger partial charge in [0, 0.05) is 17.2 Å². The number of nitro benzene ring substituents is 1. The van der Waals surface area contributed by atoms with Gasteiger partial charge in [-0.15, -0.1) is 0 Å². The Balaban J connectivity index is 2.10. The van der Waals surface area contributed by atoms with Gasteiger partial charge in [-0.1, -0.05) is 23.2 Å². The largest absolute Gasteiger partial charge is 0.424 e. The van der Waals surface area contributed by atoms with Crippen LogP contribution in [0, 0.1) is 10.1 Å². The van der Waals surface area contributed by atoms with E-state index in [1.54, 1.807) is 0 Å². The third-order valence-electron chi connectivity index (χ3n) is 2.93. The predicted octanol–water partition coefficient (Wildman–Crippen LogP) is 3.40. The third kappa shape index (κ3) is 5.41. The average Bonchev–Trinajstić information content (AvgIpc) is 2.55. The normalized spacial score (nSPS) is 13.8. The van der Waals surface area contributed by atoms with E-state index in [9.17, 15) is 28.0 Å². The van der Waals surface area contributed by atoms with Crippen LogP contribution in [0.15, 0.2) is 47.4 Å². The first kappa shape index (κ1) is 20.6. The molecule has 1 atom stereocenters. The van der Waals surface area contributed by atoms with Crippen molar-refractivity contribution < 1.29 is 27.3 Å². The molecule has 0 spiro atoms. The van der Waals surface area contributed by atoms with Gasteiger partial charge in [-0.05, 0) is 30.3 Å². The van der Waals surface area contributed by atoms with Crippen LogP contribution in [0.5, 0.6) is 5.75 Å². The molecule has 9 nitrogen and oxygen atoms in total. The Morgan fingerprint density at radius 3 is 2.38 bits per heavy atom. The molecular weight excluding hydrogens is 430 g/mol. The molecule has 0 saturated heterocycles. The summed E-state index contributed by atoms with van der Waals surface area (Å²) in [6.45, 7) is 0.